The third-order valence-electron chi connectivity index (χ3n) is 2.46. The van der Waals surface area contributed by atoms with E-state index in [1.807, 2.05) is 6.92 Å². The minimum atomic E-state index is -3.80. The van der Waals surface area contributed by atoms with E-state index in [0.717, 1.165) is 11.8 Å². The normalized spacial score (nSPS) is 12.3. The van der Waals surface area contributed by atoms with Gasteiger partial charge in [0.1, 0.15) is 15.6 Å². The molecule has 0 aliphatic rings. The van der Waals surface area contributed by atoms with Gasteiger partial charge in [0.25, 0.3) is 0 Å². The molecule has 1 aromatic carbocycles. The Labute approximate surface area is 113 Å². The predicted octanol–water partition coefficient (Wildman–Crippen LogP) is 0.741. The van der Waals surface area contributed by atoms with E-state index >= 15 is 0 Å². The number of rotatable bonds is 6. The van der Waals surface area contributed by atoms with Crippen LogP contribution in [0.15, 0.2) is 18.2 Å². The van der Waals surface area contributed by atoms with E-state index in [-0.39, 0.29) is 11.4 Å². The van der Waals surface area contributed by atoms with Gasteiger partial charge in [-0.25, -0.2) is 16.8 Å². The number of phenols is 1. The van der Waals surface area contributed by atoms with Gasteiger partial charge >= 0.3 is 0 Å². The van der Waals surface area contributed by atoms with Crippen LogP contribution >= 0.6 is 0 Å². The van der Waals surface area contributed by atoms with Crippen LogP contribution in [0.5, 0.6) is 5.75 Å². The molecule has 0 saturated carbocycles. The number of nitrogens with one attached hydrogen (secondary N) is 1. The lowest BCUT2D eigenvalue weighted by Crippen LogP contribution is -2.22. The van der Waals surface area contributed by atoms with Crippen molar-refractivity contribution < 1.29 is 21.9 Å². The fourth-order valence-corrected chi connectivity index (χ4v) is 4.05. The quantitative estimate of drug-likeness (QED) is 0.755. The number of sulfone groups is 1. The maximum atomic E-state index is 11.7. The Balaban J connectivity index is 2.89. The number of aryl methyl sites for hydroxylation is 1. The van der Waals surface area contributed by atoms with Gasteiger partial charge in [-0.1, -0.05) is 13.0 Å². The number of sulfonamides is 1. The van der Waals surface area contributed by atoms with Crippen molar-refractivity contribution in [3.05, 3.63) is 23.8 Å². The summed E-state index contributed by atoms with van der Waals surface area (Å²) in [6.07, 6.45) is 1.66. The number of phenolic OH excluding ortho intramolecular Hbond substituents is 1. The monoisotopic (exact) mass is 307 g/mol. The van der Waals surface area contributed by atoms with Crippen LogP contribution in [-0.4, -0.2) is 39.7 Å². The molecule has 0 aliphatic carbocycles. The van der Waals surface area contributed by atoms with Crippen molar-refractivity contribution >= 4 is 25.5 Å². The van der Waals surface area contributed by atoms with E-state index in [9.17, 15) is 21.9 Å². The molecule has 0 heterocycles. The molecule has 0 atom stereocenters. The first-order valence-electron chi connectivity index (χ1n) is 5.63. The topological polar surface area (TPSA) is 101 Å². The molecule has 0 aromatic heterocycles. The summed E-state index contributed by atoms with van der Waals surface area (Å²) >= 11 is 0. The summed E-state index contributed by atoms with van der Waals surface area (Å²) in [5.74, 6) is -1.20. The summed E-state index contributed by atoms with van der Waals surface area (Å²) in [5, 5.41) is 9.58. The highest BCUT2D eigenvalue weighted by atomic mass is 32.2. The van der Waals surface area contributed by atoms with Crippen LogP contribution in [-0.2, 0) is 26.3 Å². The van der Waals surface area contributed by atoms with Crippen molar-refractivity contribution in [1.29, 1.82) is 0 Å². The molecule has 8 heteroatoms. The van der Waals surface area contributed by atoms with E-state index < -0.39 is 31.4 Å². The molecule has 1 rings (SSSR count). The average Bonchev–Trinajstić information content (AvgIpc) is 2.29. The van der Waals surface area contributed by atoms with Crippen molar-refractivity contribution in [2.24, 2.45) is 0 Å². The van der Waals surface area contributed by atoms with Crippen LogP contribution in [0.2, 0.25) is 0 Å². The number of hydrogen-bond donors (Lipinski definition) is 2. The SMILES string of the molecule is CCc1ccc(O)c(NS(=O)(=O)CCS(C)(=O)=O)c1. The van der Waals surface area contributed by atoms with E-state index in [1.165, 1.54) is 12.1 Å². The smallest absolute Gasteiger partial charge is 0.233 e. The molecule has 2 N–H and O–H groups in total. The first-order valence-corrected chi connectivity index (χ1v) is 9.34. The Kier molecular flexibility index (Phi) is 4.81. The third-order valence-corrected chi connectivity index (χ3v) is 4.93. The lowest BCUT2D eigenvalue weighted by Gasteiger charge is -2.10. The lowest BCUT2D eigenvalue weighted by molar-refractivity contribution is 0.477. The van der Waals surface area contributed by atoms with Gasteiger partial charge in [-0.15, -0.1) is 0 Å². The summed E-state index contributed by atoms with van der Waals surface area (Å²) in [5.41, 5.74) is 0.923. The highest BCUT2D eigenvalue weighted by molar-refractivity contribution is 7.95. The standard InChI is InChI=1S/C11H17NO5S2/c1-3-9-4-5-11(13)10(8-9)12-19(16,17)7-6-18(2,14)15/h4-5,8,12-13H,3,6-7H2,1-2H3. The molecule has 6 nitrogen and oxygen atoms in total. The molecular formula is C11H17NO5S2. The highest BCUT2D eigenvalue weighted by Gasteiger charge is 2.16. The Morgan fingerprint density at radius 2 is 1.79 bits per heavy atom. The molecule has 108 valence electrons. The van der Waals surface area contributed by atoms with Gasteiger partial charge in [0.15, 0.2) is 0 Å². The zero-order valence-corrected chi connectivity index (χ0v) is 12.4. The van der Waals surface area contributed by atoms with Gasteiger partial charge in [-0.3, -0.25) is 4.72 Å². The molecule has 0 spiro atoms. The molecule has 0 saturated heterocycles. The molecule has 0 unspecified atom stereocenters. The highest BCUT2D eigenvalue weighted by Crippen LogP contribution is 2.25. The second kappa shape index (κ2) is 5.79. The van der Waals surface area contributed by atoms with Crippen LogP contribution in [0, 0.1) is 0 Å². The molecule has 19 heavy (non-hydrogen) atoms. The van der Waals surface area contributed by atoms with Crippen LogP contribution in [0.4, 0.5) is 5.69 Å². The van der Waals surface area contributed by atoms with Crippen LogP contribution in [0.1, 0.15) is 12.5 Å². The minimum absolute atomic E-state index is 0.0628. The average molecular weight is 307 g/mol. The van der Waals surface area contributed by atoms with Gasteiger partial charge in [0.2, 0.25) is 10.0 Å². The Morgan fingerprint density at radius 1 is 1.16 bits per heavy atom. The zero-order chi connectivity index (χ0) is 14.7. The minimum Gasteiger partial charge on any atom is -0.506 e. The number of aromatic hydroxyl groups is 1. The van der Waals surface area contributed by atoms with Crippen molar-refractivity contribution in [2.75, 3.05) is 22.5 Å². The number of benzene rings is 1. The second-order valence-corrected chi connectivity index (χ2v) is 8.36. The first kappa shape index (κ1) is 15.8. The molecule has 0 fully saturated rings. The Morgan fingerprint density at radius 3 is 2.32 bits per heavy atom. The summed E-state index contributed by atoms with van der Waals surface area (Å²) in [6.45, 7) is 1.90. The molecule has 0 amide bonds. The van der Waals surface area contributed by atoms with Crippen molar-refractivity contribution in [2.45, 2.75) is 13.3 Å². The van der Waals surface area contributed by atoms with Gasteiger partial charge in [0, 0.05) is 6.26 Å². The van der Waals surface area contributed by atoms with Crippen LogP contribution in [0.3, 0.4) is 0 Å². The van der Waals surface area contributed by atoms with Gasteiger partial charge in [-0.05, 0) is 24.1 Å². The molecule has 0 aliphatic heterocycles. The molecule has 0 radical (unpaired) electrons. The van der Waals surface area contributed by atoms with E-state index in [2.05, 4.69) is 4.72 Å². The zero-order valence-electron chi connectivity index (χ0n) is 10.8. The van der Waals surface area contributed by atoms with Gasteiger partial charge < -0.3 is 5.11 Å². The Bertz CT molecular complexity index is 650. The lowest BCUT2D eigenvalue weighted by atomic mass is 10.1. The first-order chi connectivity index (χ1) is 8.63. The summed E-state index contributed by atoms with van der Waals surface area (Å²) in [7, 11) is -7.16. The van der Waals surface area contributed by atoms with Crippen LogP contribution in [0.25, 0.3) is 0 Å². The van der Waals surface area contributed by atoms with Crippen molar-refractivity contribution in [3.8, 4) is 5.75 Å². The fourth-order valence-electron chi connectivity index (χ4n) is 1.36. The Hall–Kier alpha value is -1.28. The second-order valence-electron chi connectivity index (χ2n) is 4.26. The maximum absolute atomic E-state index is 11.7. The summed E-state index contributed by atoms with van der Waals surface area (Å²) in [6, 6.07) is 4.60. The summed E-state index contributed by atoms with van der Waals surface area (Å²) in [4.78, 5) is 0. The van der Waals surface area contributed by atoms with E-state index in [4.69, 9.17) is 0 Å². The fraction of sp³-hybridized carbons (Fsp3) is 0.455. The van der Waals surface area contributed by atoms with Gasteiger partial charge in [0.05, 0.1) is 17.2 Å². The largest absolute Gasteiger partial charge is 0.506 e. The van der Waals surface area contributed by atoms with Crippen LogP contribution < -0.4 is 4.72 Å². The van der Waals surface area contributed by atoms with Gasteiger partial charge in [-0.2, -0.15) is 0 Å². The van der Waals surface area contributed by atoms with Crippen molar-refractivity contribution in [1.82, 2.24) is 0 Å². The van der Waals surface area contributed by atoms with E-state index in [1.54, 1.807) is 6.07 Å². The third kappa shape index (κ3) is 5.48. The van der Waals surface area contributed by atoms with E-state index in [0.29, 0.717) is 6.42 Å². The maximum Gasteiger partial charge on any atom is 0.233 e. The predicted molar refractivity (Wildman–Crippen MR) is 74.6 cm³/mol. The summed E-state index contributed by atoms with van der Waals surface area (Å²) < 4.78 is 47.5. The number of hydrogen-bond acceptors (Lipinski definition) is 5. The molecular weight excluding hydrogens is 290 g/mol. The van der Waals surface area contributed by atoms with Crippen molar-refractivity contribution in [3.63, 3.8) is 0 Å². The molecule has 1 aromatic rings. The number of anilines is 1. The molecule has 0 bridgehead atoms.